The van der Waals surface area contributed by atoms with E-state index in [9.17, 15) is 0 Å². The molecule has 0 amide bonds. The molecule has 2 aromatic rings. The fourth-order valence-corrected chi connectivity index (χ4v) is 3.29. The van der Waals surface area contributed by atoms with Crippen LogP contribution >= 0.6 is 11.6 Å². The van der Waals surface area contributed by atoms with E-state index in [-0.39, 0.29) is 0 Å². The number of hydrogen-bond acceptors (Lipinski definition) is 2. The Morgan fingerprint density at radius 2 is 2.10 bits per heavy atom. The Morgan fingerprint density at radius 1 is 1.25 bits per heavy atom. The highest BCUT2D eigenvalue weighted by Gasteiger charge is 2.22. The Hall–Kier alpha value is -1.51. The Labute approximate surface area is 124 Å². The van der Waals surface area contributed by atoms with Gasteiger partial charge in [-0.05, 0) is 54.8 Å². The van der Waals surface area contributed by atoms with E-state index in [2.05, 4.69) is 23.5 Å². The van der Waals surface area contributed by atoms with Gasteiger partial charge in [0.2, 0.25) is 0 Å². The Morgan fingerprint density at radius 3 is 2.85 bits per heavy atom. The van der Waals surface area contributed by atoms with Crippen molar-refractivity contribution < 1.29 is 4.74 Å². The van der Waals surface area contributed by atoms with Crippen molar-refractivity contribution in [1.29, 1.82) is 0 Å². The van der Waals surface area contributed by atoms with E-state index in [0.29, 0.717) is 6.04 Å². The molecule has 1 N–H and O–H groups in total. The van der Waals surface area contributed by atoms with Gasteiger partial charge in [0.1, 0.15) is 5.75 Å². The quantitative estimate of drug-likeness (QED) is 0.912. The maximum Gasteiger partial charge on any atom is 0.128 e. The molecule has 0 aromatic heterocycles. The van der Waals surface area contributed by atoms with Gasteiger partial charge in [-0.2, -0.15) is 0 Å². The molecule has 0 heterocycles. The zero-order chi connectivity index (χ0) is 14.1. The third-order valence-corrected chi connectivity index (χ3v) is 4.37. The van der Waals surface area contributed by atoms with Crippen LogP contribution in [0.5, 0.6) is 5.75 Å². The van der Waals surface area contributed by atoms with E-state index in [1.807, 2.05) is 25.2 Å². The van der Waals surface area contributed by atoms with Crippen molar-refractivity contribution in [3.8, 4) is 16.9 Å². The van der Waals surface area contributed by atoms with Gasteiger partial charge in [0.15, 0.2) is 0 Å². The molecule has 0 bridgehead atoms. The lowest BCUT2D eigenvalue weighted by molar-refractivity contribution is 0.416. The summed E-state index contributed by atoms with van der Waals surface area (Å²) in [5, 5.41) is 4.10. The fourth-order valence-electron chi connectivity index (χ4n) is 3.01. The summed E-state index contributed by atoms with van der Waals surface area (Å²) in [6, 6.07) is 12.8. The van der Waals surface area contributed by atoms with Crippen LogP contribution in [0.1, 0.15) is 23.6 Å². The number of fused-ring (bicyclic) bond motifs is 1. The average Bonchev–Trinajstić information content (AvgIpc) is 2.89. The first-order chi connectivity index (χ1) is 9.74. The van der Waals surface area contributed by atoms with Gasteiger partial charge in [-0.25, -0.2) is 0 Å². The molecule has 3 rings (SSSR count). The molecule has 1 aliphatic carbocycles. The molecule has 0 radical (unpaired) electrons. The minimum absolute atomic E-state index is 0.443. The molecule has 0 spiro atoms. The standard InChI is InChI=1S/C17H18ClNO/c1-19-15-9-8-11-6-7-12(10-13(11)15)17-14(18)4-3-5-16(17)20-2/h3-7,10,15,19H,8-9H2,1-2H3. The van der Waals surface area contributed by atoms with E-state index in [4.69, 9.17) is 16.3 Å². The highest BCUT2D eigenvalue weighted by molar-refractivity contribution is 6.33. The molecule has 104 valence electrons. The van der Waals surface area contributed by atoms with Gasteiger partial charge in [-0.15, -0.1) is 0 Å². The van der Waals surface area contributed by atoms with Gasteiger partial charge in [-0.1, -0.05) is 29.8 Å². The average molecular weight is 288 g/mol. The SMILES string of the molecule is CNC1CCc2ccc(-c3c(Cl)cccc3OC)cc21. The molecule has 0 saturated heterocycles. The Balaban J connectivity index is 2.13. The maximum absolute atomic E-state index is 6.37. The van der Waals surface area contributed by atoms with Crippen LogP contribution in [0.2, 0.25) is 5.02 Å². The molecule has 1 unspecified atom stereocenters. The van der Waals surface area contributed by atoms with Crippen molar-refractivity contribution in [2.75, 3.05) is 14.2 Å². The molecule has 2 aromatic carbocycles. The van der Waals surface area contributed by atoms with Crippen molar-refractivity contribution in [2.24, 2.45) is 0 Å². The monoisotopic (exact) mass is 287 g/mol. The minimum Gasteiger partial charge on any atom is -0.496 e. The normalized spacial score (nSPS) is 17.1. The summed E-state index contributed by atoms with van der Waals surface area (Å²) in [5.41, 5.74) is 4.90. The van der Waals surface area contributed by atoms with E-state index in [0.717, 1.165) is 34.7 Å². The third-order valence-electron chi connectivity index (χ3n) is 4.06. The van der Waals surface area contributed by atoms with Crippen molar-refractivity contribution in [3.05, 3.63) is 52.5 Å². The topological polar surface area (TPSA) is 21.3 Å². The highest BCUT2D eigenvalue weighted by atomic mass is 35.5. The van der Waals surface area contributed by atoms with Crippen LogP contribution < -0.4 is 10.1 Å². The molecule has 20 heavy (non-hydrogen) atoms. The molecular weight excluding hydrogens is 270 g/mol. The zero-order valence-corrected chi connectivity index (χ0v) is 12.5. The zero-order valence-electron chi connectivity index (χ0n) is 11.7. The lowest BCUT2D eigenvalue weighted by Crippen LogP contribution is -2.12. The Bertz CT molecular complexity index is 639. The first kappa shape index (κ1) is 13.5. The summed E-state index contributed by atoms with van der Waals surface area (Å²) in [6.45, 7) is 0. The van der Waals surface area contributed by atoms with Crippen LogP contribution in [-0.4, -0.2) is 14.2 Å². The highest BCUT2D eigenvalue weighted by Crippen LogP contribution is 2.40. The fraction of sp³-hybridized carbons (Fsp3) is 0.294. The van der Waals surface area contributed by atoms with Crippen molar-refractivity contribution in [2.45, 2.75) is 18.9 Å². The second-order valence-corrected chi connectivity index (χ2v) is 5.52. The van der Waals surface area contributed by atoms with Crippen LogP contribution in [0.4, 0.5) is 0 Å². The lowest BCUT2D eigenvalue weighted by Gasteiger charge is -2.14. The number of rotatable bonds is 3. The van der Waals surface area contributed by atoms with Crippen LogP contribution in [-0.2, 0) is 6.42 Å². The van der Waals surface area contributed by atoms with Gasteiger partial charge < -0.3 is 10.1 Å². The molecule has 0 fully saturated rings. The molecule has 0 saturated carbocycles. The molecule has 1 atom stereocenters. The smallest absolute Gasteiger partial charge is 0.128 e. The molecular formula is C17H18ClNO. The number of hydrogen-bond donors (Lipinski definition) is 1. The van der Waals surface area contributed by atoms with Crippen molar-refractivity contribution >= 4 is 11.6 Å². The van der Waals surface area contributed by atoms with Crippen LogP contribution in [0, 0.1) is 0 Å². The molecule has 0 aliphatic heterocycles. The van der Waals surface area contributed by atoms with Crippen LogP contribution in [0.3, 0.4) is 0 Å². The van der Waals surface area contributed by atoms with Gasteiger partial charge in [0.05, 0.1) is 12.1 Å². The van der Waals surface area contributed by atoms with Gasteiger partial charge >= 0.3 is 0 Å². The summed E-state index contributed by atoms with van der Waals surface area (Å²) in [4.78, 5) is 0. The maximum atomic E-state index is 6.37. The number of ether oxygens (including phenoxy) is 1. The predicted molar refractivity (Wildman–Crippen MR) is 83.6 cm³/mol. The summed E-state index contributed by atoms with van der Waals surface area (Å²) in [5.74, 6) is 0.816. The second-order valence-electron chi connectivity index (χ2n) is 5.11. The summed E-state index contributed by atoms with van der Waals surface area (Å²) in [6.07, 6.45) is 2.30. The summed E-state index contributed by atoms with van der Waals surface area (Å²) < 4.78 is 5.45. The number of benzene rings is 2. The largest absolute Gasteiger partial charge is 0.496 e. The minimum atomic E-state index is 0.443. The van der Waals surface area contributed by atoms with Gasteiger partial charge in [-0.3, -0.25) is 0 Å². The molecule has 1 aliphatic rings. The first-order valence-electron chi connectivity index (χ1n) is 6.87. The first-order valence-corrected chi connectivity index (χ1v) is 7.25. The number of halogens is 1. The van der Waals surface area contributed by atoms with E-state index < -0.39 is 0 Å². The van der Waals surface area contributed by atoms with Crippen molar-refractivity contribution in [1.82, 2.24) is 5.32 Å². The number of methoxy groups -OCH3 is 1. The van der Waals surface area contributed by atoms with Crippen LogP contribution in [0.15, 0.2) is 36.4 Å². The van der Waals surface area contributed by atoms with Gasteiger partial charge in [0.25, 0.3) is 0 Å². The molecule has 2 nitrogen and oxygen atoms in total. The van der Waals surface area contributed by atoms with E-state index in [1.54, 1.807) is 7.11 Å². The van der Waals surface area contributed by atoms with E-state index in [1.165, 1.54) is 11.1 Å². The number of nitrogens with one attached hydrogen (secondary N) is 1. The Kier molecular flexibility index (Phi) is 3.68. The summed E-state index contributed by atoms with van der Waals surface area (Å²) in [7, 11) is 3.70. The van der Waals surface area contributed by atoms with E-state index >= 15 is 0 Å². The van der Waals surface area contributed by atoms with Crippen molar-refractivity contribution in [3.63, 3.8) is 0 Å². The van der Waals surface area contributed by atoms with Crippen LogP contribution in [0.25, 0.3) is 11.1 Å². The second kappa shape index (κ2) is 5.47. The summed E-state index contributed by atoms with van der Waals surface area (Å²) >= 11 is 6.37. The lowest BCUT2D eigenvalue weighted by atomic mass is 9.98. The third kappa shape index (κ3) is 2.19. The number of aryl methyl sites for hydroxylation is 1. The molecule has 3 heteroatoms. The van der Waals surface area contributed by atoms with Gasteiger partial charge in [0, 0.05) is 11.6 Å². The predicted octanol–water partition coefficient (Wildman–Crippen LogP) is 4.22.